The van der Waals surface area contributed by atoms with Gasteiger partial charge >= 0.3 is 11.9 Å². The highest BCUT2D eigenvalue weighted by Crippen LogP contribution is 2.43. The lowest BCUT2D eigenvalue weighted by Crippen LogP contribution is -2.40. The molecule has 1 unspecified atom stereocenters. The normalized spacial score (nSPS) is 21.8. The minimum atomic E-state index is -0.886. The Labute approximate surface area is 242 Å². The van der Waals surface area contributed by atoms with Crippen LogP contribution in [0.3, 0.4) is 0 Å². The first-order chi connectivity index (χ1) is 19.1. The standard InChI is InChI=1S/C31H46N2O8/c1-10-12-18(22-20(34)14-30(4,5)24(26(22)36)28(38)40-8)32-16-17(3)33-19(13-11-2)23-21(35)15-31(6,7)25(27(23)37)29(39)41-9/h17,32-33,36-37H,10-16H2,1-9H3. The van der Waals surface area contributed by atoms with Crippen LogP contribution >= 0.6 is 0 Å². The fourth-order valence-electron chi connectivity index (χ4n) is 5.58. The number of hydrogen-bond acceptors (Lipinski definition) is 10. The van der Waals surface area contributed by atoms with Gasteiger partial charge in [-0.2, -0.15) is 0 Å². The Morgan fingerprint density at radius 1 is 0.805 bits per heavy atom. The number of hydrogen-bond donors (Lipinski definition) is 4. The minimum Gasteiger partial charge on any atom is -0.507 e. The second kappa shape index (κ2) is 13.4. The third-order valence-corrected chi connectivity index (χ3v) is 7.49. The van der Waals surface area contributed by atoms with E-state index in [2.05, 4.69) is 10.6 Å². The Bertz CT molecular complexity index is 1220. The molecule has 4 N–H and O–H groups in total. The van der Waals surface area contributed by atoms with Gasteiger partial charge in [-0.3, -0.25) is 9.59 Å². The summed E-state index contributed by atoms with van der Waals surface area (Å²) < 4.78 is 9.79. The van der Waals surface area contributed by atoms with Gasteiger partial charge in [0.05, 0.1) is 36.5 Å². The zero-order chi connectivity index (χ0) is 31.3. The molecule has 2 rings (SSSR count). The molecule has 2 aliphatic carbocycles. The third-order valence-electron chi connectivity index (χ3n) is 7.49. The van der Waals surface area contributed by atoms with E-state index in [1.807, 2.05) is 20.8 Å². The van der Waals surface area contributed by atoms with Gasteiger partial charge in [0, 0.05) is 47.7 Å². The number of rotatable bonds is 11. The van der Waals surface area contributed by atoms with E-state index >= 15 is 0 Å². The van der Waals surface area contributed by atoms with Gasteiger partial charge in [0.25, 0.3) is 0 Å². The number of methoxy groups -OCH3 is 2. The van der Waals surface area contributed by atoms with Crippen LogP contribution < -0.4 is 10.6 Å². The molecular formula is C31H46N2O8. The fourth-order valence-corrected chi connectivity index (χ4v) is 5.58. The zero-order valence-electron chi connectivity index (χ0n) is 25.9. The quantitative estimate of drug-likeness (QED) is 0.203. The minimum absolute atomic E-state index is 0.0394. The number of allylic oxidation sites excluding steroid dienone is 4. The molecule has 2 aliphatic rings. The Balaban J connectivity index is 2.49. The van der Waals surface area contributed by atoms with Gasteiger partial charge in [-0.05, 0) is 19.8 Å². The van der Waals surface area contributed by atoms with E-state index < -0.39 is 22.8 Å². The van der Waals surface area contributed by atoms with E-state index in [1.165, 1.54) is 14.2 Å². The number of nitrogens with one attached hydrogen (secondary N) is 2. The van der Waals surface area contributed by atoms with E-state index in [1.54, 1.807) is 27.7 Å². The molecule has 228 valence electrons. The van der Waals surface area contributed by atoms with Crippen LogP contribution in [0.15, 0.2) is 45.2 Å². The van der Waals surface area contributed by atoms with E-state index in [-0.39, 0.29) is 64.3 Å². The van der Waals surface area contributed by atoms with E-state index in [9.17, 15) is 29.4 Å². The van der Waals surface area contributed by atoms with Crippen molar-refractivity contribution < 1.29 is 38.9 Å². The second-order valence-corrected chi connectivity index (χ2v) is 12.0. The molecule has 0 saturated carbocycles. The van der Waals surface area contributed by atoms with Crippen molar-refractivity contribution in [1.29, 1.82) is 0 Å². The largest absolute Gasteiger partial charge is 0.507 e. The van der Waals surface area contributed by atoms with Crippen molar-refractivity contribution in [2.45, 2.75) is 93.0 Å². The van der Waals surface area contributed by atoms with Gasteiger partial charge < -0.3 is 30.3 Å². The van der Waals surface area contributed by atoms with Gasteiger partial charge in [0.15, 0.2) is 11.6 Å². The Morgan fingerprint density at radius 3 is 1.59 bits per heavy atom. The maximum absolute atomic E-state index is 13.2. The number of aliphatic hydroxyl groups excluding tert-OH is 2. The summed E-state index contributed by atoms with van der Waals surface area (Å²) >= 11 is 0. The van der Waals surface area contributed by atoms with Crippen LogP contribution in [0.4, 0.5) is 0 Å². The van der Waals surface area contributed by atoms with Crippen molar-refractivity contribution in [3.05, 3.63) is 45.2 Å². The first-order valence-electron chi connectivity index (χ1n) is 14.2. The number of Topliss-reactive ketones (excluding diaryl/α,β-unsaturated/α-hetero) is 2. The Morgan fingerprint density at radius 2 is 1.20 bits per heavy atom. The summed E-state index contributed by atoms with van der Waals surface area (Å²) in [5, 5.41) is 28.8. The molecule has 0 aromatic heterocycles. The highest BCUT2D eigenvalue weighted by Gasteiger charge is 2.44. The molecule has 0 spiro atoms. The molecule has 0 fully saturated rings. The molecule has 10 heteroatoms. The Kier molecular flexibility index (Phi) is 11.0. The first-order valence-corrected chi connectivity index (χ1v) is 14.2. The smallest absolute Gasteiger partial charge is 0.338 e. The van der Waals surface area contributed by atoms with E-state index in [0.29, 0.717) is 43.6 Å². The predicted molar refractivity (Wildman–Crippen MR) is 155 cm³/mol. The van der Waals surface area contributed by atoms with Crippen molar-refractivity contribution in [2.75, 3.05) is 20.8 Å². The highest BCUT2D eigenvalue weighted by molar-refractivity contribution is 6.07. The molecule has 0 bridgehead atoms. The average molecular weight is 575 g/mol. The van der Waals surface area contributed by atoms with Crippen LogP contribution in [0, 0.1) is 10.8 Å². The molecule has 0 aromatic carbocycles. The molecule has 41 heavy (non-hydrogen) atoms. The summed E-state index contributed by atoms with van der Waals surface area (Å²) in [7, 11) is 2.47. The van der Waals surface area contributed by atoms with Gasteiger partial charge in [-0.25, -0.2) is 9.59 Å². The van der Waals surface area contributed by atoms with Gasteiger partial charge in [0.2, 0.25) is 0 Å². The SMILES string of the molecule is CCCC(NCC(C)NC(CCC)=C1C(=O)CC(C)(C)C(C(=O)OC)=C1O)=C1C(=O)CC(C)(C)C(C(=O)OC)=C1O. The van der Waals surface area contributed by atoms with Crippen molar-refractivity contribution in [2.24, 2.45) is 10.8 Å². The summed E-state index contributed by atoms with van der Waals surface area (Å²) in [6.45, 7) is 12.9. The topological polar surface area (TPSA) is 151 Å². The van der Waals surface area contributed by atoms with Crippen LogP contribution in [0.1, 0.15) is 87.0 Å². The summed E-state index contributed by atoms with van der Waals surface area (Å²) in [4.78, 5) is 51.4. The maximum atomic E-state index is 13.2. The number of ether oxygens (including phenoxy) is 2. The zero-order valence-corrected chi connectivity index (χ0v) is 25.9. The van der Waals surface area contributed by atoms with Crippen LogP contribution in [0.25, 0.3) is 0 Å². The van der Waals surface area contributed by atoms with Crippen molar-refractivity contribution >= 4 is 23.5 Å². The Hall–Kier alpha value is -3.56. The molecule has 10 nitrogen and oxygen atoms in total. The summed E-state index contributed by atoms with van der Waals surface area (Å²) in [6.07, 6.45) is 2.34. The molecule has 0 amide bonds. The number of esters is 2. The molecule has 1 atom stereocenters. The average Bonchev–Trinajstić information content (AvgIpc) is 2.85. The van der Waals surface area contributed by atoms with Crippen LogP contribution in [-0.2, 0) is 28.7 Å². The molecular weight excluding hydrogens is 528 g/mol. The van der Waals surface area contributed by atoms with Crippen molar-refractivity contribution in [3.8, 4) is 0 Å². The van der Waals surface area contributed by atoms with E-state index in [4.69, 9.17) is 9.47 Å². The van der Waals surface area contributed by atoms with Gasteiger partial charge in [-0.15, -0.1) is 0 Å². The van der Waals surface area contributed by atoms with Crippen molar-refractivity contribution in [3.63, 3.8) is 0 Å². The monoisotopic (exact) mass is 574 g/mol. The molecule has 0 aromatic rings. The fraction of sp³-hybridized carbons (Fsp3) is 0.613. The van der Waals surface area contributed by atoms with Crippen LogP contribution in [0.2, 0.25) is 0 Å². The maximum Gasteiger partial charge on any atom is 0.338 e. The number of carbonyl (C=O) groups is 4. The molecule has 0 radical (unpaired) electrons. The molecule has 0 aliphatic heterocycles. The lowest BCUT2D eigenvalue weighted by atomic mass is 9.72. The highest BCUT2D eigenvalue weighted by atomic mass is 16.5. The lowest BCUT2D eigenvalue weighted by molar-refractivity contribution is -0.139. The van der Waals surface area contributed by atoms with Crippen molar-refractivity contribution in [1.82, 2.24) is 10.6 Å². The first kappa shape index (κ1) is 33.6. The molecule has 0 heterocycles. The van der Waals surface area contributed by atoms with Crippen LogP contribution in [0.5, 0.6) is 0 Å². The predicted octanol–water partition coefficient (Wildman–Crippen LogP) is 4.63. The number of carbonyl (C=O) groups excluding carboxylic acids is 4. The molecule has 0 saturated heterocycles. The summed E-state index contributed by atoms with van der Waals surface area (Å²) in [5.41, 5.74) is -0.457. The third kappa shape index (κ3) is 7.21. The van der Waals surface area contributed by atoms with Gasteiger partial charge in [0.1, 0.15) is 11.5 Å². The summed E-state index contributed by atoms with van der Waals surface area (Å²) in [6, 6.07) is -0.296. The lowest BCUT2D eigenvalue weighted by Gasteiger charge is -2.33. The van der Waals surface area contributed by atoms with Crippen LogP contribution in [-0.4, -0.2) is 60.5 Å². The summed E-state index contributed by atoms with van der Waals surface area (Å²) in [5.74, 6) is -2.65. The number of aliphatic hydroxyl groups is 2. The second-order valence-electron chi connectivity index (χ2n) is 12.0. The van der Waals surface area contributed by atoms with Gasteiger partial charge in [-0.1, -0.05) is 54.4 Å². The van der Waals surface area contributed by atoms with E-state index in [0.717, 1.165) is 0 Å². The number of ketones is 2.